The molecule has 1 aromatic heterocycles. The molecule has 0 atom stereocenters. The van der Waals surface area contributed by atoms with Crippen molar-refractivity contribution in [3.8, 4) is 0 Å². The van der Waals surface area contributed by atoms with E-state index >= 15 is 0 Å². The third kappa shape index (κ3) is 2.43. The van der Waals surface area contributed by atoms with Gasteiger partial charge in [-0.2, -0.15) is 0 Å². The van der Waals surface area contributed by atoms with Crippen LogP contribution in [0.15, 0.2) is 3.92 Å². The van der Waals surface area contributed by atoms with Crippen LogP contribution in [0.1, 0.15) is 6.42 Å². The zero-order chi connectivity index (χ0) is 9.97. The van der Waals surface area contributed by atoms with E-state index < -0.39 is 0 Å². The second kappa shape index (κ2) is 4.55. The molecule has 6 heteroatoms. The zero-order valence-corrected chi connectivity index (χ0v) is 10.5. The van der Waals surface area contributed by atoms with Crippen molar-refractivity contribution in [1.82, 2.24) is 15.1 Å². The maximum absolute atomic E-state index is 4.14. The van der Waals surface area contributed by atoms with E-state index in [0.717, 1.165) is 28.7 Å². The molecule has 0 amide bonds. The third-order valence-corrected chi connectivity index (χ3v) is 3.80. The molecule has 14 heavy (non-hydrogen) atoms. The van der Waals surface area contributed by atoms with Crippen LogP contribution in [0.4, 0.5) is 5.13 Å². The highest BCUT2D eigenvalue weighted by atomic mass is 79.9. The Morgan fingerprint density at radius 3 is 2.79 bits per heavy atom. The number of rotatable bonds is 1. The van der Waals surface area contributed by atoms with Crippen molar-refractivity contribution in [2.24, 2.45) is 0 Å². The van der Waals surface area contributed by atoms with Gasteiger partial charge in [0.1, 0.15) is 0 Å². The minimum absolute atomic E-state index is 0.866. The smallest absolute Gasteiger partial charge is 0.209 e. The molecule has 2 rings (SSSR count). The second-order valence-corrected chi connectivity index (χ2v) is 5.71. The molecular formula is C8H13BrN4S. The van der Waals surface area contributed by atoms with Gasteiger partial charge < -0.3 is 9.80 Å². The van der Waals surface area contributed by atoms with E-state index in [9.17, 15) is 0 Å². The van der Waals surface area contributed by atoms with Crippen LogP contribution in [-0.2, 0) is 0 Å². The first-order valence-electron chi connectivity index (χ1n) is 4.68. The molecule has 0 N–H and O–H groups in total. The van der Waals surface area contributed by atoms with Gasteiger partial charge in [0.2, 0.25) is 5.13 Å². The molecule has 78 valence electrons. The number of hydrogen-bond acceptors (Lipinski definition) is 5. The number of hydrogen-bond donors (Lipinski definition) is 0. The zero-order valence-electron chi connectivity index (χ0n) is 8.11. The summed E-state index contributed by atoms with van der Waals surface area (Å²) in [7, 11) is 2.17. The maximum atomic E-state index is 4.14. The monoisotopic (exact) mass is 276 g/mol. The summed E-state index contributed by atoms with van der Waals surface area (Å²) < 4.78 is 0.866. The summed E-state index contributed by atoms with van der Waals surface area (Å²) in [6, 6.07) is 0. The van der Waals surface area contributed by atoms with Gasteiger partial charge in [-0.1, -0.05) is 11.3 Å². The Morgan fingerprint density at radius 1 is 1.21 bits per heavy atom. The number of likely N-dealkylation sites (N-methyl/N-ethyl adjacent to an activating group) is 1. The van der Waals surface area contributed by atoms with Crippen LogP contribution in [0.25, 0.3) is 0 Å². The predicted molar refractivity (Wildman–Crippen MR) is 61.9 cm³/mol. The van der Waals surface area contributed by atoms with Crippen molar-refractivity contribution in [3.63, 3.8) is 0 Å². The molecule has 0 radical (unpaired) electrons. The van der Waals surface area contributed by atoms with Gasteiger partial charge in [0, 0.05) is 19.6 Å². The van der Waals surface area contributed by atoms with Gasteiger partial charge in [-0.3, -0.25) is 0 Å². The molecule has 2 heterocycles. The fourth-order valence-corrected chi connectivity index (χ4v) is 2.70. The first-order valence-corrected chi connectivity index (χ1v) is 6.29. The highest BCUT2D eigenvalue weighted by molar-refractivity contribution is 9.11. The highest BCUT2D eigenvalue weighted by Gasteiger charge is 2.15. The van der Waals surface area contributed by atoms with Crippen molar-refractivity contribution < 1.29 is 0 Å². The van der Waals surface area contributed by atoms with Gasteiger partial charge in [0.15, 0.2) is 3.92 Å². The summed E-state index contributed by atoms with van der Waals surface area (Å²) in [5.41, 5.74) is 0. The normalized spacial score (nSPS) is 19.7. The Bertz CT molecular complexity index is 303. The molecule has 1 aliphatic rings. The molecule has 0 unspecified atom stereocenters. The molecule has 4 nitrogen and oxygen atoms in total. The Labute approximate surface area is 96.1 Å². The Kier molecular flexibility index (Phi) is 3.35. The number of nitrogens with zero attached hydrogens (tertiary/aromatic N) is 4. The summed E-state index contributed by atoms with van der Waals surface area (Å²) in [4.78, 5) is 4.67. The first-order chi connectivity index (χ1) is 6.75. The van der Waals surface area contributed by atoms with Crippen molar-refractivity contribution in [1.29, 1.82) is 0 Å². The minimum Gasteiger partial charge on any atom is -0.345 e. The van der Waals surface area contributed by atoms with Crippen molar-refractivity contribution >= 4 is 32.4 Å². The molecule has 0 aromatic carbocycles. The van der Waals surface area contributed by atoms with Crippen LogP contribution in [0, 0.1) is 0 Å². The van der Waals surface area contributed by atoms with Crippen LogP contribution >= 0.6 is 27.3 Å². The summed E-state index contributed by atoms with van der Waals surface area (Å²) in [5, 5.41) is 9.14. The van der Waals surface area contributed by atoms with Gasteiger partial charge in [0.25, 0.3) is 0 Å². The van der Waals surface area contributed by atoms with E-state index in [1.54, 1.807) is 11.3 Å². The average Bonchev–Trinajstić information content (AvgIpc) is 2.46. The number of anilines is 1. The van der Waals surface area contributed by atoms with E-state index in [1.165, 1.54) is 13.0 Å². The van der Waals surface area contributed by atoms with Gasteiger partial charge >= 0.3 is 0 Å². The molecule has 1 saturated heterocycles. The summed E-state index contributed by atoms with van der Waals surface area (Å²) in [6.45, 7) is 4.43. The topological polar surface area (TPSA) is 32.3 Å². The van der Waals surface area contributed by atoms with Crippen LogP contribution in [-0.4, -0.2) is 48.3 Å². The van der Waals surface area contributed by atoms with Crippen molar-refractivity contribution in [2.45, 2.75) is 6.42 Å². The van der Waals surface area contributed by atoms with Gasteiger partial charge in [-0.05, 0) is 35.9 Å². The lowest BCUT2D eigenvalue weighted by Crippen LogP contribution is -2.28. The van der Waals surface area contributed by atoms with Crippen molar-refractivity contribution in [3.05, 3.63) is 3.92 Å². The summed E-state index contributed by atoms with van der Waals surface area (Å²) in [5.74, 6) is 0. The molecule has 1 aromatic rings. The third-order valence-electron chi connectivity index (χ3n) is 2.38. The molecule has 1 fully saturated rings. The minimum atomic E-state index is 0.866. The molecular weight excluding hydrogens is 264 g/mol. The molecule has 0 bridgehead atoms. The highest BCUT2D eigenvalue weighted by Crippen LogP contribution is 2.24. The Morgan fingerprint density at radius 2 is 2.07 bits per heavy atom. The Hall–Kier alpha value is -0.200. The predicted octanol–water partition coefficient (Wildman–Crippen LogP) is 1.44. The van der Waals surface area contributed by atoms with E-state index in [2.05, 4.69) is 43.0 Å². The fourth-order valence-electron chi connectivity index (χ4n) is 1.56. The van der Waals surface area contributed by atoms with Crippen LogP contribution in [0.3, 0.4) is 0 Å². The van der Waals surface area contributed by atoms with Gasteiger partial charge in [-0.25, -0.2) is 0 Å². The molecule has 0 spiro atoms. The quantitative estimate of drug-likeness (QED) is 0.777. The lowest BCUT2D eigenvalue weighted by atomic mass is 10.4. The van der Waals surface area contributed by atoms with Gasteiger partial charge in [-0.15, -0.1) is 10.2 Å². The summed E-state index contributed by atoms with van der Waals surface area (Å²) >= 11 is 4.94. The lowest BCUT2D eigenvalue weighted by molar-refractivity contribution is 0.360. The van der Waals surface area contributed by atoms with Crippen LogP contribution in [0.2, 0.25) is 0 Å². The summed E-state index contributed by atoms with van der Waals surface area (Å²) in [6.07, 6.45) is 1.20. The van der Waals surface area contributed by atoms with E-state index in [4.69, 9.17) is 0 Å². The number of aromatic nitrogens is 2. The molecule has 0 aliphatic carbocycles. The Balaban J connectivity index is 2.04. The SMILES string of the molecule is CN1CCCN(c2nnc(Br)s2)CC1. The van der Waals surface area contributed by atoms with E-state index in [-0.39, 0.29) is 0 Å². The lowest BCUT2D eigenvalue weighted by Gasteiger charge is -2.18. The van der Waals surface area contributed by atoms with E-state index in [1.807, 2.05) is 0 Å². The van der Waals surface area contributed by atoms with E-state index in [0.29, 0.717) is 0 Å². The van der Waals surface area contributed by atoms with Crippen LogP contribution < -0.4 is 4.90 Å². The van der Waals surface area contributed by atoms with Crippen LogP contribution in [0.5, 0.6) is 0 Å². The second-order valence-electron chi connectivity index (χ2n) is 3.48. The average molecular weight is 277 g/mol. The number of halogens is 1. The van der Waals surface area contributed by atoms with Gasteiger partial charge in [0.05, 0.1) is 0 Å². The largest absolute Gasteiger partial charge is 0.345 e. The fraction of sp³-hybridized carbons (Fsp3) is 0.750. The first kappa shape index (κ1) is 10.3. The molecule has 1 aliphatic heterocycles. The van der Waals surface area contributed by atoms with Crippen molar-refractivity contribution in [2.75, 3.05) is 38.1 Å². The standard InChI is InChI=1S/C8H13BrN4S/c1-12-3-2-4-13(6-5-12)8-11-10-7(9)14-8/h2-6H2,1H3. The molecule has 0 saturated carbocycles. The maximum Gasteiger partial charge on any atom is 0.209 e.